The zero-order chi connectivity index (χ0) is 13.0. The molecule has 0 aromatic carbocycles. The summed E-state index contributed by atoms with van der Waals surface area (Å²) in [6, 6.07) is 0. The first kappa shape index (κ1) is 15.8. The highest BCUT2D eigenvalue weighted by molar-refractivity contribution is 7.89. The molecule has 0 saturated heterocycles. The van der Waals surface area contributed by atoms with Crippen LogP contribution in [0.15, 0.2) is 0 Å². The number of ether oxygens (including phenoxy) is 1. The number of hydrogen-bond donors (Lipinski definition) is 2. The molecule has 0 aliphatic carbocycles. The van der Waals surface area contributed by atoms with Gasteiger partial charge in [0.25, 0.3) is 0 Å². The molecular weight excluding hydrogens is 248 g/mol. The zero-order valence-electron chi connectivity index (χ0n) is 10.1. The minimum absolute atomic E-state index is 0.0128. The quantitative estimate of drug-likeness (QED) is 0.653. The summed E-state index contributed by atoms with van der Waals surface area (Å²) in [6.45, 7) is 7.09. The molecule has 5 nitrogen and oxygen atoms in total. The van der Waals surface area contributed by atoms with Crippen LogP contribution in [0.25, 0.3) is 0 Å². The number of nitrogens with two attached hydrogens (primary N) is 1. The van der Waals surface area contributed by atoms with Crippen molar-refractivity contribution in [1.82, 2.24) is 4.72 Å². The number of sulfonamides is 1. The molecule has 0 saturated carbocycles. The van der Waals surface area contributed by atoms with E-state index in [-0.39, 0.29) is 23.5 Å². The minimum atomic E-state index is -3.42. The topological polar surface area (TPSA) is 81.4 Å². The maximum absolute atomic E-state index is 11.6. The molecule has 0 spiro atoms. The zero-order valence-corrected chi connectivity index (χ0v) is 11.7. The van der Waals surface area contributed by atoms with Gasteiger partial charge in [0.15, 0.2) is 0 Å². The Bertz CT molecular complexity index is 337. The molecule has 0 aromatic heterocycles. The molecule has 0 amide bonds. The van der Waals surface area contributed by atoms with Gasteiger partial charge in [-0.3, -0.25) is 0 Å². The Labute approximate surface area is 103 Å². The lowest BCUT2D eigenvalue weighted by Gasteiger charge is -2.24. The molecule has 0 aliphatic rings. The molecule has 0 fully saturated rings. The summed E-state index contributed by atoms with van der Waals surface area (Å²) >= 11 is 4.77. The third kappa shape index (κ3) is 6.37. The smallest absolute Gasteiger partial charge is 0.214 e. The Morgan fingerprint density at radius 3 is 2.38 bits per heavy atom. The van der Waals surface area contributed by atoms with E-state index in [1.165, 1.54) is 0 Å². The predicted molar refractivity (Wildman–Crippen MR) is 68.9 cm³/mol. The molecule has 96 valence electrons. The summed E-state index contributed by atoms with van der Waals surface area (Å²) < 4.78 is 30.9. The Hall–Kier alpha value is -0.240. The van der Waals surface area contributed by atoms with Crippen molar-refractivity contribution in [2.24, 2.45) is 5.73 Å². The van der Waals surface area contributed by atoms with E-state index < -0.39 is 15.6 Å². The maximum Gasteiger partial charge on any atom is 0.214 e. The monoisotopic (exact) mass is 268 g/mol. The fraction of sp³-hybridized carbons (Fsp3) is 0.889. The molecule has 0 heterocycles. The van der Waals surface area contributed by atoms with Gasteiger partial charge in [-0.05, 0) is 27.7 Å². The van der Waals surface area contributed by atoms with Gasteiger partial charge in [0.1, 0.15) is 0 Å². The Morgan fingerprint density at radius 2 is 2.00 bits per heavy atom. The van der Waals surface area contributed by atoms with Crippen LogP contribution >= 0.6 is 12.2 Å². The van der Waals surface area contributed by atoms with Crippen LogP contribution in [0.1, 0.15) is 27.7 Å². The fourth-order valence-corrected chi connectivity index (χ4v) is 2.30. The van der Waals surface area contributed by atoms with Crippen molar-refractivity contribution in [3.63, 3.8) is 0 Å². The van der Waals surface area contributed by atoms with E-state index in [9.17, 15) is 8.42 Å². The standard InChI is InChI=1S/C9H20N2O3S2/c1-7(2)14-5-6-16(12,13)11-9(3,4)8(10)15/h7,11H,5-6H2,1-4H3,(H2,10,15). The van der Waals surface area contributed by atoms with Gasteiger partial charge < -0.3 is 10.5 Å². The van der Waals surface area contributed by atoms with Gasteiger partial charge in [0.05, 0.1) is 29.0 Å². The first-order chi connectivity index (χ1) is 7.07. The highest BCUT2D eigenvalue weighted by atomic mass is 32.2. The third-order valence-electron chi connectivity index (χ3n) is 1.83. The van der Waals surface area contributed by atoms with Crippen molar-refractivity contribution in [2.45, 2.75) is 39.3 Å². The van der Waals surface area contributed by atoms with E-state index in [0.29, 0.717) is 0 Å². The van der Waals surface area contributed by atoms with Crippen molar-refractivity contribution in [3.8, 4) is 0 Å². The molecule has 16 heavy (non-hydrogen) atoms. The van der Waals surface area contributed by atoms with Gasteiger partial charge in [-0.25, -0.2) is 13.1 Å². The van der Waals surface area contributed by atoms with Crippen LogP contribution < -0.4 is 10.5 Å². The molecule has 3 N–H and O–H groups in total. The van der Waals surface area contributed by atoms with E-state index in [1.807, 2.05) is 13.8 Å². The third-order valence-corrected chi connectivity index (χ3v) is 3.87. The maximum atomic E-state index is 11.6. The first-order valence-corrected chi connectivity index (χ1v) is 7.06. The van der Waals surface area contributed by atoms with Gasteiger partial charge in [-0.1, -0.05) is 12.2 Å². The van der Waals surface area contributed by atoms with Crippen molar-refractivity contribution in [2.75, 3.05) is 12.4 Å². The molecule has 0 bridgehead atoms. The normalized spacial score (nSPS) is 13.1. The first-order valence-electron chi connectivity index (χ1n) is 5.00. The van der Waals surface area contributed by atoms with E-state index >= 15 is 0 Å². The largest absolute Gasteiger partial charge is 0.392 e. The lowest BCUT2D eigenvalue weighted by molar-refractivity contribution is 0.0911. The summed E-state index contributed by atoms with van der Waals surface area (Å²) in [5.41, 5.74) is 4.52. The lowest BCUT2D eigenvalue weighted by Crippen LogP contribution is -2.52. The molecule has 0 rings (SSSR count). The van der Waals surface area contributed by atoms with Crippen molar-refractivity contribution < 1.29 is 13.2 Å². The van der Waals surface area contributed by atoms with Crippen molar-refractivity contribution in [3.05, 3.63) is 0 Å². The second-order valence-corrected chi connectivity index (χ2v) is 6.61. The summed E-state index contributed by atoms with van der Waals surface area (Å²) in [5, 5.41) is 0. The lowest BCUT2D eigenvalue weighted by atomic mass is 10.1. The second-order valence-electron chi connectivity index (χ2n) is 4.33. The molecule has 0 aliphatic heterocycles. The molecule has 0 atom stereocenters. The molecule has 0 aromatic rings. The van der Waals surface area contributed by atoms with Gasteiger partial charge in [-0.15, -0.1) is 0 Å². The molecular formula is C9H20N2O3S2. The van der Waals surface area contributed by atoms with E-state index in [2.05, 4.69) is 4.72 Å². The second kappa shape index (κ2) is 5.90. The fourth-order valence-electron chi connectivity index (χ4n) is 0.884. The number of nitrogens with one attached hydrogen (secondary N) is 1. The van der Waals surface area contributed by atoms with Crippen LogP contribution in [0.5, 0.6) is 0 Å². The van der Waals surface area contributed by atoms with Crippen LogP contribution in [0.4, 0.5) is 0 Å². The average Bonchev–Trinajstić information content (AvgIpc) is 1.99. The van der Waals surface area contributed by atoms with Gasteiger partial charge in [0, 0.05) is 0 Å². The van der Waals surface area contributed by atoms with Crippen LogP contribution in [0.2, 0.25) is 0 Å². The summed E-state index contributed by atoms with van der Waals surface area (Å²) in [4.78, 5) is 0.112. The van der Waals surface area contributed by atoms with Crippen LogP contribution in [-0.2, 0) is 14.8 Å². The van der Waals surface area contributed by atoms with Crippen LogP contribution in [-0.4, -0.2) is 37.4 Å². The molecule has 0 radical (unpaired) electrons. The van der Waals surface area contributed by atoms with Gasteiger partial charge in [0.2, 0.25) is 10.0 Å². The Kier molecular flexibility index (Phi) is 5.81. The SMILES string of the molecule is CC(C)OCCS(=O)(=O)NC(C)(C)C(N)=S. The summed E-state index contributed by atoms with van der Waals surface area (Å²) in [7, 11) is -3.42. The summed E-state index contributed by atoms with van der Waals surface area (Å²) in [6.07, 6.45) is 0.0128. The van der Waals surface area contributed by atoms with Crippen molar-refractivity contribution in [1.29, 1.82) is 0 Å². The van der Waals surface area contributed by atoms with E-state index in [4.69, 9.17) is 22.7 Å². The van der Waals surface area contributed by atoms with Gasteiger partial charge >= 0.3 is 0 Å². The van der Waals surface area contributed by atoms with E-state index in [0.717, 1.165) is 0 Å². The Morgan fingerprint density at radius 1 is 1.50 bits per heavy atom. The highest BCUT2D eigenvalue weighted by Crippen LogP contribution is 2.05. The molecule has 0 unspecified atom stereocenters. The van der Waals surface area contributed by atoms with Crippen LogP contribution in [0.3, 0.4) is 0 Å². The van der Waals surface area contributed by atoms with Crippen molar-refractivity contribution >= 4 is 27.2 Å². The van der Waals surface area contributed by atoms with E-state index in [1.54, 1.807) is 13.8 Å². The predicted octanol–water partition coefficient (Wildman–Crippen LogP) is 0.396. The van der Waals surface area contributed by atoms with Gasteiger partial charge in [-0.2, -0.15) is 0 Å². The van der Waals surface area contributed by atoms with Crippen LogP contribution in [0, 0.1) is 0 Å². The number of hydrogen-bond acceptors (Lipinski definition) is 4. The average molecular weight is 268 g/mol. The highest BCUT2D eigenvalue weighted by Gasteiger charge is 2.27. The number of thiocarbonyl (C=S) groups is 1. The minimum Gasteiger partial charge on any atom is -0.392 e. The Balaban J connectivity index is 4.31. The number of rotatable bonds is 7. The summed E-state index contributed by atoms with van der Waals surface area (Å²) in [5.74, 6) is -0.1000. The molecule has 7 heteroatoms.